The number of amides is 1. The van der Waals surface area contributed by atoms with E-state index in [0.717, 1.165) is 19.3 Å². The highest BCUT2D eigenvalue weighted by atomic mass is 19.3. The van der Waals surface area contributed by atoms with Gasteiger partial charge in [0.05, 0.1) is 12.1 Å². The van der Waals surface area contributed by atoms with Crippen molar-refractivity contribution in [1.29, 1.82) is 0 Å². The van der Waals surface area contributed by atoms with Gasteiger partial charge in [-0.05, 0) is 49.5 Å². The molecular formula is C27H39F2NO4. The molecule has 1 unspecified atom stereocenters. The smallest absolute Gasteiger partial charge is 0.327 e. The first kappa shape index (κ1) is 28.0. The van der Waals surface area contributed by atoms with Crippen molar-refractivity contribution >= 4 is 11.9 Å². The zero-order chi connectivity index (χ0) is 25.1. The zero-order valence-electron chi connectivity index (χ0n) is 20.3. The minimum atomic E-state index is -3.39. The lowest BCUT2D eigenvalue weighted by atomic mass is 9.85. The summed E-state index contributed by atoms with van der Waals surface area (Å²) >= 11 is 0. The maximum absolute atomic E-state index is 14.1. The van der Waals surface area contributed by atoms with Gasteiger partial charge in [0.15, 0.2) is 0 Å². The molecule has 2 rings (SSSR count). The number of nitrogens with zero attached hydrogens (tertiary/aromatic N) is 1. The van der Waals surface area contributed by atoms with E-state index in [1.165, 1.54) is 10.5 Å². The minimum Gasteiger partial charge on any atom is -0.481 e. The third kappa shape index (κ3) is 8.82. The second kappa shape index (κ2) is 13.6. The molecule has 5 nitrogen and oxygen atoms in total. The molecule has 1 saturated heterocycles. The SMILES string of the molecule is CC(C)[C@@H](CCCc1ccccc1)[C@H](O)C=CC1CC(F)(F)C(=O)N1CCCCCCC(=O)O. The molecule has 3 atom stereocenters. The van der Waals surface area contributed by atoms with Crippen LogP contribution in [0.2, 0.25) is 0 Å². The average Bonchev–Trinajstić information content (AvgIpc) is 3.00. The monoisotopic (exact) mass is 479 g/mol. The van der Waals surface area contributed by atoms with Gasteiger partial charge in [-0.15, -0.1) is 0 Å². The van der Waals surface area contributed by atoms with Crippen molar-refractivity contribution in [2.24, 2.45) is 11.8 Å². The lowest BCUT2D eigenvalue weighted by molar-refractivity contribution is -0.148. The number of likely N-dealkylation sites (tertiary alicyclic amines) is 1. The molecule has 1 amide bonds. The Morgan fingerprint density at radius 1 is 1.15 bits per heavy atom. The van der Waals surface area contributed by atoms with Crippen LogP contribution < -0.4 is 0 Å². The summed E-state index contributed by atoms with van der Waals surface area (Å²) in [6.07, 6.45) is 7.01. The van der Waals surface area contributed by atoms with Crippen molar-refractivity contribution in [1.82, 2.24) is 4.90 Å². The Balaban J connectivity index is 1.91. The first-order valence-corrected chi connectivity index (χ1v) is 12.4. The molecule has 2 N–H and O–H groups in total. The Kier molecular flexibility index (Phi) is 11.2. The van der Waals surface area contributed by atoms with E-state index in [9.17, 15) is 23.5 Å². The van der Waals surface area contributed by atoms with Gasteiger partial charge in [-0.25, -0.2) is 0 Å². The summed E-state index contributed by atoms with van der Waals surface area (Å²) in [6.45, 7) is 4.31. The predicted octanol–water partition coefficient (Wildman–Crippen LogP) is 5.47. The lowest BCUT2D eigenvalue weighted by Gasteiger charge is -2.26. The molecule has 1 aromatic rings. The number of aliphatic hydroxyl groups excluding tert-OH is 1. The van der Waals surface area contributed by atoms with Gasteiger partial charge in [-0.2, -0.15) is 8.78 Å². The summed E-state index contributed by atoms with van der Waals surface area (Å²) in [4.78, 5) is 24.0. The maximum atomic E-state index is 14.1. The molecule has 34 heavy (non-hydrogen) atoms. The van der Waals surface area contributed by atoms with Crippen LogP contribution in [-0.4, -0.2) is 51.6 Å². The van der Waals surface area contributed by atoms with Crippen LogP contribution in [0.25, 0.3) is 0 Å². The van der Waals surface area contributed by atoms with Gasteiger partial charge >= 0.3 is 11.9 Å². The van der Waals surface area contributed by atoms with E-state index < -0.39 is 36.4 Å². The molecule has 1 aliphatic heterocycles. The number of aryl methyl sites for hydroxylation is 1. The average molecular weight is 480 g/mol. The molecule has 1 aromatic carbocycles. The maximum Gasteiger partial charge on any atom is 0.327 e. The zero-order valence-corrected chi connectivity index (χ0v) is 20.3. The first-order chi connectivity index (χ1) is 16.1. The number of aliphatic hydroxyl groups is 1. The molecule has 1 aliphatic rings. The number of carbonyl (C=O) groups is 2. The summed E-state index contributed by atoms with van der Waals surface area (Å²) in [6, 6.07) is 9.42. The van der Waals surface area contributed by atoms with Crippen LogP contribution in [0.5, 0.6) is 0 Å². The van der Waals surface area contributed by atoms with E-state index in [1.807, 2.05) is 32.0 Å². The molecule has 0 aliphatic carbocycles. The fraction of sp³-hybridized carbons (Fsp3) is 0.630. The van der Waals surface area contributed by atoms with Crippen LogP contribution in [0.15, 0.2) is 42.5 Å². The van der Waals surface area contributed by atoms with E-state index in [0.29, 0.717) is 25.7 Å². The standard InChI is InChI=1S/C27H39F2NO4/c1-20(2)23(14-10-13-21-11-6-5-7-12-21)24(31)17-16-22-19-27(28,29)26(34)30(22)18-9-4-3-8-15-25(32)33/h5-7,11-12,16-17,20,22-24,31H,3-4,8-10,13-15,18-19H2,1-2H3,(H,32,33)/t22?,23-,24-/m1/s1. The molecule has 0 spiro atoms. The molecule has 1 heterocycles. The number of hydrogen-bond donors (Lipinski definition) is 2. The van der Waals surface area contributed by atoms with Gasteiger partial charge in [0.25, 0.3) is 5.91 Å². The minimum absolute atomic E-state index is 0.000243. The van der Waals surface area contributed by atoms with E-state index in [1.54, 1.807) is 12.2 Å². The van der Waals surface area contributed by atoms with Gasteiger partial charge < -0.3 is 15.1 Å². The molecule has 0 saturated carbocycles. The van der Waals surface area contributed by atoms with Crippen molar-refractivity contribution in [3.8, 4) is 0 Å². The Bertz CT molecular complexity index is 797. The van der Waals surface area contributed by atoms with Crippen LogP contribution in [0.3, 0.4) is 0 Å². The molecular weight excluding hydrogens is 440 g/mol. The normalized spacial score (nSPS) is 19.8. The van der Waals surface area contributed by atoms with Crippen molar-refractivity contribution in [3.63, 3.8) is 0 Å². The van der Waals surface area contributed by atoms with Crippen molar-refractivity contribution in [2.75, 3.05) is 6.54 Å². The van der Waals surface area contributed by atoms with Crippen LogP contribution >= 0.6 is 0 Å². The number of alkyl halides is 2. The van der Waals surface area contributed by atoms with E-state index in [4.69, 9.17) is 5.11 Å². The molecule has 0 radical (unpaired) electrons. The third-order valence-corrected chi connectivity index (χ3v) is 6.65. The second-order valence-electron chi connectivity index (χ2n) is 9.69. The van der Waals surface area contributed by atoms with Gasteiger partial charge in [0.2, 0.25) is 0 Å². The predicted molar refractivity (Wildman–Crippen MR) is 129 cm³/mol. The topological polar surface area (TPSA) is 77.8 Å². The molecule has 7 heteroatoms. The fourth-order valence-corrected chi connectivity index (χ4v) is 4.64. The Morgan fingerprint density at radius 2 is 1.82 bits per heavy atom. The number of carboxylic acids is 1. The van der Waals surface area contributed by atoms with Crippen molar-refractivity contribution < 1.29 is 28.6 Å². The summed E-state index contributed by atoms with van der Waals surface area (Å²) in [5.74, 6) is -5.18. The number of benzene rings is 1. The summed E-state index contributed by atoms with van der Waals surface area (Å²) in [5.41, 5.74) is 1.25. The quantitative estimate of drug-likeness (QED) is 0.258. The largest absolute Gasteiger partial charge is 0.481 e. The van der Waals surface area contributed by atoms with E-state index in [-0.39, 0.29) is 24.8 Å². The van der Waals surface area contributed by atoms with E-state index >= 15 is 0 Å². The summed E-state index contributed by atoms with van der Waals surface area (Å²) < 4.78 is 28.3. The highest BCUT2D eigenvalue weighted by Gasteiger charge is 2.52. The van der Waals surface area contributed by atoms with Crippen LogP contribution in [0.1, 0.15) is 70.8 Å². The number of hydrogen-bond acceptors (Lipinski definition) is 3. The summed E-state index contributed by atoms with van der Waals surface area (Å²) in [7, 11) is 0. The fourth-order valence-electron chi connectivity index (χ4n) is 4.64. The van der Waals surface area contributed by atoms with Crippen LogP contribution in [0, 0.1) is 11.8 Å². The number of unbranched alkanes of at least 4 members (excludes halogenated alkanes) is 3. The van der Waals surface area contributed by atoms with Crippen molar-refractivity contribution in [2.45, 2.75) is 89.7 Å². The molecule has 0 aromatic heterocycles. The second-order valence-corrected chi connectivity index (χ2v) is 9.69. The van der Waals surface area contributed by atoms with Gasteiger partial charge in [0.1, 0.15) is 0 Å². The number of rotatable bonds is 15. The number of aliphatic carboxylic acids is 1. The van der Waals surface area contributed by atoms with E-state index in [2.05, 4.69) is 12.1 Å². The van der Waals surface area contributed by atoms with Crippen LogP contribution in [-0.2, 0) is 16.0 Å². The number of carbonyl (C=O) groups excluding carboxylic acids is 1. The van der Waals surface area contributed by atoms with Crippen molar-refractivity contribution in [3.05, 3.63) is 48.0 Å². The van der Waals surface area contributed by atoms with Crippen LogP contribution in [0.4, 0.5) is 8.78 Å². The Labute approximate surface area is 201 Å². The van der Waals surface area contributed by atoms with Gasteiger partial charge in [0, 0.05) is 19.4 Å². The molecule has 1 fully saturated rings. The number of halogens is 2. The summed E-state index contributed by atoms with van der Waals surface area (Å²) in [5, 5.41) is 19.5. The number of carboxylic acid groups (broad SMARTS) is 1. The molecule has 190 valence electrons. The third-order valence-electron chi connectivity index (χ3n) is 6.65. The van der Waals surface area contributed by atoms with Gasteiger partial charge in [-0.3, -0.25) is 9.59 Å². The first-order valence-electron chi connectivity index (χ1n) is 12.4. The van der Waals surface area contributed by atoms with Gasteiger partial charge in [-0.1, -0.05) is 69.2 Å². The Hall–Kier alpha value is -2.28. The lowest BCUT2D eigenvalue weighted by Crippen LogP contribution is -2.36. The molecule has 0 bridgehead atoms. The highest BCUT2D eigenvalue weighted by Crippen LogP contribution is 2.35. The Morgan fingerprint density at radius 3 is 2.47 bits per heavy atom. The highest BCUT2D eigenvalue weighted by molar-refractivity contribution is 5.86.